The van der Waals surface area contributed by atoms with E-state index in [1.807, 2.05) is 12.1 Å². The van der Waals surface area contributed by atoms with Gasteiger partial charge in [0.15, 0.2) is 5.13 Å². The maximum Gasteiger partial charge on any atom is 0.409 e. The Morgan fingerprint density at radius 3 is 2.40 bits per heavy atom. The first-order chi connectivity index (χ1) is 14.2. The maximum atomic E-state index is 11.7. The largest absolute Gasteiger partial charge is 0.465 e. The van der Waals surface area contributed by atoms with Crippen molar-refractivity contribution >= 4 is 40.1 Å². The molecule has 0 saturated carbocycles. The average Bonchev–Trinajstić information content (AvgIpc) is 3.04. The number of thiazole rings is 1. The summed E-state index contributed by atoms with van der Waals surface area (Å²) in [6.07, 6.45) is 0.717. The van der Waals surface area contributed by atoms with Gasteiger partial charge in [-0.25, -0.2) is 9.78 Å². The van der Waals surface area contributed by atoms with Crippen LogP contribution in [0.25, 0.3) is 0 Å². The second-order valence-corrected chi connectivity index (χ2v) is 8.00. The molecule has 0 bridgehead atoms. The zero-order chi connectivity index (χ0) is 22.1. The monoisotopic (exact) mass is 433 g/mol. The molecule has 0 atom stereocenters. The first-order valence-corrected chi connectivity index (χ1v) is 10.3. The quantitative estimate of drug-likeness (QED) is 0.427. The minimum atomic E-state index is -1.10. The fraction of sp³-hybridized carbons (Fsp3) is 0.400. The van der Waals surface area contributed by atoms with E-state index in [-0.39, 0.29) is 11.8 Å². The summed E-state index contributed by atoms with van der Waals surface area (Å²) in [5, 5.41) is 17.6. The lowest BCUT2D eigenvalue weighted by atomic mass is 10.1. The number of anilines is 2. The summed E-state index contributed by atoms with van der Waals surface area (Å²) >= 11 is 1.42. The van der Waals surface area contributed by atoms with E-state index in [0.29, 0.717) is 36.8 Å². The Morgan fingerprint density at radius 1 is 1.10 bits per heavy atom. The van der Waals surface area contributed by atoms with Crippen molar-refractivity contribution in [1.29, 1.82) is 0 Å². The van der Waals surface area contributed by atoms with Gasteiger partial charge < -0.3 is 20.6 Å². The number of hydrogen-bond acceptors (Lipinski definition) is 6. The predicted octanol–water partition coefficient (Wildman–Crippen LogP) is 2.54. The lowest BCUT2D eigenvalue weighted by Gasteiger charge is -2.10. The van der Waals surface area contributed by atoms with Crippen molar-refractivity contribution in [3.63, 3.8) is 0 Å². The lowest BCUT2D eigenvalue weighted by Crippen LogP contribution is -2.26. The normalized spacial score (nSPS) is 10.5. The molecule has 2 rings (SSSR count). The third-order valence-electron chi connectivity index (χ3n) is 4.22. The third-order valence-corrected chi connectivity index (χ3v) is 5.23. The number of nitrogens with one attached hydrogen (secondary N) is 3. The molecule has 0 aliphatic carbocycles. The van der Waals surface area contributed by atoms with Gasteiger partial charge in [-0.05, 0) is 30.5 Å². The number of carbonyl (C=O) groups is 3. The number of hydrogen-bond donors (Lipinski definition) is 4. The first kappa shape index (κ1) is 23.3. The molecule has 10 heteroatoms. The summed E-state index contributed by atoms with van der Waals surface area (Å²) in [6.45, 7) is 2.56. The van der Waals surface area contributed by atoms with Crippen LogP contribution in [0.5, 0.6) is 0 Å². The molecule has 162 valence electrons. The number of amides is 3. The van der Waals surface area contributed by atoms with Crippen molar-refractivity contribution in [2.45, 2.75) is 32.7 Å². The molecule has 3 amide bonds. The van der Waals surface area contributed by atoms with Crippen molar-refractivity contribution in [3.05, 3.63) is 40.4 Å². The molecule has 0 aliphatic heterocycles. The highest BCUT2D eigenvalue weighted by Gasteiger charge is 2.13. The molecule has 0 fully saturated rings. The van der Waals surface area contributed by atoms with Gasteiger partial charge in [0, 0.05) is 51.1 Å². The van der Waals surface area contributed by atoms with Crippen LogP contribution in [-0.4, -0.2) is 53.5 Å². The van der Waals surface area contributed by atoms with Crippen LogP contribution >= 0.6 is 11.3 Å². The second-order valence-electron chi connectivity index (χ2n) is 6.91. The Balaban J connectivity index is 1.98. The molecule has 0 unspecified atom stereocenters. The number of nitrogens with zero attached hydrogens (tertiary/aromatic N) is 2. The minimum Gasteiger partial charge on any atom is -0.465 e. The number of aryl methyl sites for hydroxylation is 2. The summed E-state index contributed by atoms with van der Waals surface area (Å²) in [7, 11) is 3.46. The number of benzene rings is 1. The van der Waals surface area contributed by atoms with Crippen molar-refractivity contribution < 1.29 is 19.5 Å². The highest BCUT2D eigenvalue weighted by Crippen LogP contribution is 2.24. The molecule has 0 aliphatic rings. The van der Waals surface area contributed by atoms with Crippen LogP contribution in [0, 0.1) is 0 Å². The zero-order valence-corrected chi connectivity index (χ0v) is 18.1. The molecule has 0 spiro atoms. The fourth-order valence-electron chi connectivity index (χ4n) is 2.68. The van der Waals surface area contributed by atoms with Crippen LogP contribution in [-0.2, 0) is 29.0 Å². The van der Waals surface area contributed by atoms with E-state index < -0.39 is 6.09 Å². The van der Waals surface area contributed by atoms with Crippen LogP contribution < -0.4 is 16.0 Å². The smallest absolute Gasteiger partial charge is 0.409 e. The first-order valence-electron chi connectivity index (χ1n) is 9.50. The number of aromatic nitrogens is 1. The van der Waals surface area contributed by atoms with Gasteiger partial charge in [0.25, 0.3) is 0 Å². The highest BCUT2D eigenvalue weighted by molar-refractivity contribution is 7.15. The van der Waals surface area contributed by atoms with Gasteiger partial charge in [-0.1, -0.05) is 12.1 Å². The summed E-state index contributed by atoms with van der Waals surface area (Å²) in [4.78, 5) is 40.9. The molecule has 30 heavy (non-hydrogen) atoms. The number of carbonyl (C=O) groups excluding carboxylic acids is 2. The van der Waals surface area contributed by atoms with Gasteiger partial charge in [0.1, 0.15) is 0 Å². The SMILES string of the molecule is CC(=O)Nc1nc(CCc2ccc(NC(=O)O)cc2)c(CNCCC(=O)N(C)C)s1. The van der Waals surface area contributed by atoms with E-state index in [4.69, 9.17) is 5.11 Å². The molecular formula is C20H27N5O4S. The summed E-state index contributed by atoms with van der Waals surface area (Å²) in [6, 6.07) is 7.18. The number of rotatable bonds is 10. The second kappa shape index (κ2) is 11.3. The van der Waals surface area contributed by atoms with Gasteiger partial charge in [0.2, 0.25) is 11.8 Å². The van der Waals surface area contributed by atoms with E-state index in [2.05, 4.69) is 20.9 Å². The van der Waals surface area contributed by atoms with Crippen molar-refractivity contribution in [1.82, 2.24) is 15.2 Å². The van der Waals surface area contributed by atoms with E-state index in [9.17, 15) is 14.4 Å². The Hall–Kier alpha value is -2.98. The van der Waals surface area contributed by atoms with Gasteiger partial charge in [-0.2, -0.15) is 0 Å². The van der Waals surface area contributed by atoms with Crippen LogP contribution in [0.15, 0.2) is 24.3 Å². The molecule has 9 nitrogen and oxygen atoms in total. The Bertz CT molecular complexity index is 880. The standard InChI is InChI=1S/C20H27N5O4S/c1-13(26)22-19-24-16(17(30-19)12-21-11-10-18(27)25(2)3)9-6-14-4-7-15(8-5-14)23-20(28)29/h4-5,7-8,21,23H,6,9-12H2,1-3H3,(H,28,29)(H,22,24,26). The molecule has 1 aromatic heterocycles. The van der Waals surface area contributed by atoms with E-state index >= 15 is 0 Å². The third kappa shape index (κ3) is 7.80. The molecular weight excluding hydrogens is 406 g/mol. The summed E-state index contributed by atoms with van der Waals surface area (Å²) in [5.74, 6) is -0.111. The van der Waals surface area contributed by atoms with Gasteiger partial charge in [0.05, 0.1) is 5.69 Å². The van der Waals surface area contributed by atoms with Crippen LogP contribution in [0.3, 0.4) is 0 Å². The molecule has 0 saturated heterocycles. The molecule has 1 heterocycles. The lowest BCUT2D eigenvalue weighted by molar-refractivity contribution is -0.128. The van der Waals surface area contributed by atoms with Crippen LogP contribution in [0.4, 0.5) is 15.6 Å². The van der Waals surface area contributed by atoms with Gasteiger partial charge >= 0.3 is 6.09 Å². The topological polar surface area (TPSA) is 124 Å². The Kier molecular flexibility index (Phi) is 8.75. The number of carboxylic acid groups (broad SMARTS) is 1. The Morgan fingerprint density at radius 2 is 1.80 bits per heavy atom. The van der Waals surface area contributed by atoms with E-state index in [0.717, 1.165) is 22.6 Å². The summed E-state index contributed by atoms with van der Waals surface area (Å²) in [5.41, 5.74) is 2.46. The maximum absolute atomic E-state index is 11.7. The molecule has 0 radical (unpaired) electrons. The minimum absolute atomic E-state index is 0.0619. The predicted molar refractivity (Wildman–Crippen MR) is 117 cm³/mol. The van der Waals surface area contributed by atoms with E-state index in [1.165, 1.54) is 18.3 Å². The molecule has 4 N–H and O–H groups in total. The van der Waals surface area contributed by atoms with Gasteiger partial charge in [-0.3, -0.25) is 14.9 Å². The Labute approximate surface area is 179 Å². The van der Waals surface area contributed by atoms with Crippen LogP contribution in [0.2, 0.25) is 0 Å². The zero-order valence-electron chi connectivity index (χ0n) is 17.3. The van der Waals surface area contributed by atoms with Crippen molar-refractivity contribution in [2.24, 2.45) is 0 Å². The fourth-order valence-corrected chi connectivity index (χ4v) is 3.71. The van der Waals surface area contributed by atoms with E-state index in [1.54, 1.807) is 31.1 Å². The van der Waals surface area contributed by atoms with Crippen molar-refractivity contribution in [3.8, 4) is 0 Å². The van der Waals surface area contributed by atoms with Crippen LogP contribution in [0.1, 0.15) is 29.5 Å². The van der Waals surface area contributed by atoms with Crippen molar-refractivity contribution in [2.75, 3.05) is 31.3 Å². The molecule has 1 aromatic carbocycles. The summed E-state index contributed by atoms with van der Waals surface area (Å²) < 4.78 is 0. The molecule has 2 aromatic rings. The highest BCUT2D eigenvalue weighted by atomic mass is 32.1. The average molecular weight is 434 g/mol. The van der Waals surface area contributed by atoms with Gasteiger partial charge in [-0.15, -0.1) is 11.3 Å².